The molecule has 6 nitrogen and oxygen atoms in total. The van der Waals surface area contributed by atoms with Crippen molar-refractivity contribution in [2.24, 2.45) is 10.2 Å². The van der Waals surface area contributed by atoms with E-state index in [0.717, 1.165) is 22.5 Å². The molecule has 0 N–H and O–H groups in total. The Morgan fingerprint density at radius 3 is 2.44 bits per heavy atom. The second-order valence-electron chi connectivity index (χ2n) is 5.95. The van der Waals surface area contributed by atoms with Crippen LogP contribution in [0.5, 0.6) is 0 Å². The van der Waals surface area contributed by atoms with Gasteiger partial charge in [-0.15, -0.1) is 5.10 Å². The van der Waals surface area contributed by atoms with Crippen LogP contribution in [0.3, 0.4) is 0 Å². The third-order valence-electron chi connectivity index (χ3n) is 4.14. The van der Waals surface area contributed by atoms with Gasteiger partial charge in [0.1, 0.15) is 5.69 Å². The number of amides is 1. The number of carbonyl (C=O) groups excluding carboxylic acids is 1. The smallest absolute Gasteiger partial charge is 0.238 e. The summed E-state index contributed by atoms with van der Waals surface area (Å²) in [6.07, 6.45) is 3.61. The molecule has 1 aliphatic rings. The molecule has 0 bridgehead atoms. The summed E-state index contributed by atoms with van der Waals surface area (Å²) in [7, 11) is 1.71. The molecule has 1 aliphatic heterocycles. The SMILES string of the molecule is CN1C(=O)CS/C1=N/N=C/c1cn(-c2ccccc2)nc1-c1ccccc1. The number of carbonyl (C=O) groups is 1. The minimum absolute atomic E-state index is 0.0378. The van der Waals surface area contributed by atoms with Gasteiger partial charge in [-0.3, -0.25) is 9.69 Å². The van der Waals surface area contributed by atoms with Crippen molar-refractivity contribution in [3.05, 3.63) is 72.4 Å². The van der Waals surface area contributed by atoms with Gasteiger partial charge in [0, 0.05) is 24.4 Å². The average molecular weight is 375 g/mol. The maximum atomic E-state index is 11.6. The van der Waals surface area contributed by atoms with E-state index >= 15 is 0 Å². The molecule has 134 valence electrons. The Balaban J connectivity index is 1.70. The number of thioether (sulfide) groups is 1. The third-order valence-corrected chi connectivity index (χ3v) is 5.14. The van der Waals surface area contributed by atoms with E-state index < -0.39 is 0 Å². The summed E-state index contributed by atoms with van der Waals surface area (Å²) < 4.78 is 1.83. The van der Waals surface area contributed by atoms with Gasteiger partial charge in [-0.2, -0.15) is 10.2 Å². The van der Waals surface area contributed by atoms with Crippen molar-refractivity contribution in [3.8, 4) is 16.9 Å². The van der Waals surface area contributed by atoms with Crippen molar-refractivity contribution < 1.29 is 4.79 Å². The summed E-state index contributed by atoms with van der Waals surface area (Å²) in [5, 5.41) is 13.7. The molecule has 2 aromatic carbocycles. The highest BCUT2D eigenvalue weighted by molar-refractivity contribution is 8.15. The van der Waals surface area contributed by atoms with Gasteiger partial charge < -0.3 is 0 Å². The second kappa shape index (κ2) is 7.59. The zero-order valence-corrected chi connectivity index (χ0v) is 15.5. The lowest BCUT2D eigenvalue weighted by Gasteiger charge is -2.04. The van der Waals surface area contributed by atoms with Gasteiger partial charge in [0.2, 0.25) is 5.91 Å². The Morgan fingerprint density at radius 1 is 1.07 bits per heavy atom. The van der Waals surface area contributed by atoms with Crippen LogP contribution in [0.25, 0.3) is 16.9 Å². The van der Waals surface area contributed by atoms with Crippen LogP contribution in [0.4, 0.5) is 0 Å². The van der Waals surface area contributed by atoms with Crippen molar-refractivity contribution >= 4 is 29.1 Å². The van der Waals surface area contributed by atoms with E-state index in [1.165, 1.54) is 16.7 Å². The molecule has 1 fully saturated rings. The highest BCUT2D eigenvalue weighted by Gasteiger charge is 2.24. The Bertz CT molecular complexity index is 1010. The summed E-state index contributed by atoms with van der Waals surface area (Å²) in [4.78, 5) is 13.1. The average Bonchev–Trinajstić information content (AvgIpc) is 3.28. The van der Waals surface area contributed by atoms with Crippen molar-refractivity contribution in [2.45, 2.75) is 0 Å². The fourth-order valence-electron chi connectivity index (χ4n) is 2.68. The molecule has 0 spiro atoms. The summed E-state index contributed by atoms with van der Waals surface area (Å²) in [5.74, 6) is 0.447. The molecule has 27 heavy (non-hydrogen) atoms. The van der Waals surface area contributed by atoms with Crippen LogP contribution in [-0.2, 0) is 4.79 Å². The van der Waals surface area contributed by atoms with Crippen LogP contribution in [0.2, 0.25) is 0 Å². The van der Waals surface area contributed by atoms with Gasteiger partial charge in [-0.1, -0.05) is 60.3 Å². The first-order chi connectivity index (χ1) is 13.2. The molecular weight excluding hydrogens is 358 g/mol. The van der Waals surface area contributed by atoms with E-state index in [1.807, 2.05) is 71.5 Å². The molecule has 3 aromatic rings. The van der Waals surface area contributed by atoms with Crippen LogP contribution in [0.1, 0.15) is 5.56 Å². The van der Waals surface area contributed by atoms with Crippen molar-refractivity contribution in [3.63, 3.8) is 0 Å². The zero-order chi connectivity index (χ0) is 18.6. The molecule has 0 saturated carbocycles. The Morgan fingerprint density at radius 2 is 1.78 bits per heavy atom. The van der Waals surface area contributed by atoms with Gasteiger partial charge in [-0.25, -0.2) is 4.68 Å². The fraction of sp³-hybridized carbons (Fsp3) is 0.100. The molecule has 1 aromatic heterocycles. The normalized spacial score (nSPS) is 16.0. The minimum Gasteiger partial charge on any atom is -0.292 e. The Kier molecular flexibility index (Phi) is 4.84. The van der Waals surface area contributed by atoms with Crippen LogP contribution in [0, 0.1) is 0 Å². The zero-order valence-electron chi connectivity index (χ0n) is 14.7. The number of amidine groups is 1. The molecule has 7 heteroatoms. The molecule has 0 atom stereocenters. The van der Waals surface area contributed by atoms with Crippen molar-refractivity contribution in [1.29, 1.82) is 0 Å². The second-order valence-corrected chi connectivity index (χ2v) is 6.89. The Hall–Kier alpha value is -3.19. The summed E-state index contributed by atoms with van der Waals surface area (Å²) in [5.41, 5.74) is 3.65. The standard InChI is InChI=1S/C20H17N5OS/c1-24-18(26)14-27-20(24)22-21-12-16-13-25(17-10-6-3-7-11-17)23-19(16)15-8-4-2-5-9-15/h2-13H,14H2,1H3/b21-12+,22-20+. The highest BCUT2D eigenvalue weighted by atomic mass is 32.2. The number of para-hydroxylation sites is 1. The number of hydrogen-bond donors (Lipinski definition) is 0. The quantitative estimate of drug-likeness (QED) is 0.518. The van der Waals surface area contributed by atoms with E-state index in [9.17, 15) is 4.79 Å². The van der Waals surface area contributed by atoms with Crippen molar-refractivity contribution in [2.75, 3.05) is 12.8 Å². The van der Waals surface area contributed by atoms with E-state index in [-0.39, 0.29) is 5.91 Å². The molecular formula is C20H17N5OS. The number of benzene rings is 2. The van der Waals surface area contributed by atoms with Gasteiger partial charge >= 0.3 is 0 Å². The van der Waals surface area contributed by atoms with E-state index in [4.69, 9.17) is 5.10 Å². The summed E-state index contributed by atoms with van der Waals surface area (Å²) in [6.45, 7) is 0. The maximum Gasteiger partial charge on any atom is 0.238 e. The highest BCUT2D eigenvalue weighted by Crippen LogP contribution is 2.23. The predicted molar refractivity (Wildman–Crippen MR) is 109 cm³/mol. The predicted octanol–water partition coefficient (Wildman–Crippen LogP) is 3.43. The molecule has 2 heterocycles. The van der Waals surface area contributed by atoms with Gasteiger partial charge in [0.25, 0.3) is 0 Å². The monoisotopic (exact) mass is 375 g/mol. The fourth-order valence-corrected chi connectivity index (χ4v) is 3.52. The topological polar surface area (TPSA) is 62.9 Å². The number of hydrogen-bond acceptors (Lipinski definition) is 5. The summed E-state index contributed by atoms with van der Waals surface area (Å²) in [6, 6.07) is 19.9. The van der Waals surface area contributed by atoms with Gasteiger partial charge in [0.15, 0.2) is 5.17 Å². The lowest BCUT2D eigenvalue weighted by Crippen LogP contribution is -2.24. The molecule has 1 amide bonds. The number of nitrogens with zero attached hydrogens (tertiary/aromatic N) is 5. The molecule has 0 aliphatic carbocycles. The first kappa shape index (κ1) is 17.2. The van der Waals surface area contributed by atoms with E-state index in [0.29, 0.717) is 10.9 Å². The summed E-state index contributed by atoms with van der Waals surface area (Å²) >= 11 is 1.39. The molecule has 4 rings (SSSR count). The van der Waals surface area contributed by atoms with E-state index in [1.54, 1.807) is 13.3 Å². The molecule has 0 radical (unpaired) electrons. The molecule has 0 unspecified atom stereocenters. The largest absolute Gasteiger partial charge is 0.292 e. The van der Waals surface area contributed by atoms with Crippen LogP contribution < -0.4 is 0 Å². The maximum absolute atomic E-state index is 11.6. The first-order valence-corrected chi connectivity index (χ1v) is 9.42. The van der Waals surface area contributed by atoms with E-state index in [2.05, 4.69) is 10.2 Å². The lowest BCUT2D eigenvalue weighted by atomic mass is 10.1. The van der Waals surface area contributed by atoms with Gasteiger partial charge in [0.05, 0.1) is 17.7 Å². The molecule has 1 saturated heterocycles. The van der Waals surface area contributed by atoms with Crippen LogP contribution in [-0.4, -0.2) is 44.8 Å². The Labute approximate surface area is 161 Å². The van der Waals surface area contributed by atoms with Gasteiger partial charge in [-0.05, 0) is 12.1 Å². The number of rotatable bonds is 4. The number of aromatic nitrogens is 2. The van der Waals surface area contributed by atoms with Crippen LogP contribution in [0.15, 0.2) is 77.1 Å². The lowest BCUT2D eigenvalue weighted by molar-refractivity contribution is -0.123. The minimum atomic E-state index is 0.0378. The first-order valence-electron chi connectivity index (χ1n) is 8.43. The van der Waals surface area contributed by atoms with Crippen molar-refractivity contribution in [1.82, 2.24) is 14.7 Å². The van der Waals surface area contributed by atoms with Crippen LogP contribution >= 0.6 is 11.8 Å². The third kappa shape index (κ3) is 3.68.